The van der Waals surface area contributed by atoms with Crippen LogP contribution in [0.2, 0.25) is 0 Å². The summed E-state index contributed by atoms with van der Waals surface area (Å²) in [4.78, 5) is 0. The molecule has 1 N–H and O–H groups in total. The first-order valence-electron chi connectivity index (χ1n) is 4.53. The fraction of sp³-hybridized carbons (Fsp3) is 1.00. The van der Waals surface area contributed by atoms with E-state index in [0.717, 1.165) is 0 Å². The first-order chi connectivity index (χ1) is 6.16. The molecule has 0 spiro atoms. The minimum atomic E-state index is -0.406. The smallest absolute Gasteiger partial charge is 0.0781 e. The van der Waals surface area contributed by atoms with Gasteiger partial charge in [0.2, 0.25) is 0 Å². The summed E-state index contributed by atoms with van der Waals surface area (Å²) >= 11 is 0. The summed E-state index contributed by atoms with van der Waals surface area (Å²) < 4.78 is 15.3. The first-order valence-corrected chi connectivity index (χ1v) is 4.53. The van der Waals surface area contributed by atoms with Crippen LogP contribution in [-0.2, 0) is 14.2 Å². The van der Waals surface area contributed by atoms with Gasteiger partial charge in [-0.1, -0.05) is 14.9 Å². The molecule has 0 bridgehead atoms. The van der Waals surface area contributed by atoms with Crippen LogP contribution in [0.5, 0.6) is 0 Å². The van der Waals surface area contributed by atoms with Crippen LogP contribution >= 0.6 is 0 Å². The largest absolute Gasteiger partial charge is 0.391 e. The Bertz CT molecular complexity index is 107. The lowest BCUT2D eigenvalue weighted by molar-refractivity contribution is -0.0318. The molecule has 4 heteroatoms. The summed E-state index contributed by atoms with van der Waals surface area (Å²) in [6.45, 7) is 5.64. The lowest BCUT2D eigenvalue weighted by Crippen LogP contribution is -2.19. The molecule has 0 heterocycles. The summed E-state index contributed by atoms with van der Waals surface area (Å²) in [7, 11) is 1.64. The third-order valence-corrected chi connectivity index (χ3v) is 1.39. The molecule has 0 aromatic heterocycles. The van der Waals surface area contributed by atoms with Crippen LogP contribution in [0.4, 0.5) is 0 Å². The molecule has 0 radical (unpaired) electrons. The molecular weight excluding hydrogens is 196 g/mol. The molecule has 4 nitrogen and oxygen atoms in total. The van der Waals surface area contributed by atoms with Crippen LogP contribution < -0.4 is 0 Å². The summed E-state index contributed by atoms with van der Waals surface area (Å²) in [6.07, 6.45) is -0.309. The number of rotatable bonds is 8. The first kappa shape index (κ1) is 20.3. The van der Waals surface area contributed by atoms with Gasteiger partial charge in [-0.05, 0) is 13.8 Å². The van der Waals surface area contributed by atoms with Gasteiger partial charge in [-0.2, -0.15) is 0 Å². The molecule has 0 aromatic rings. The number of aliphatic hydroxyl groups is 1. The zero-order valence-electron chi connectivity index (χ0n) is 8.66. The lowest BCUT2D eigenvalue weighted by atomic mass is 10.4. The summed E-state index contributed by atoms with van der Waals surface area (Å²) in [5.74, 6) is 0. The maximum atomic E-state index is 8.86. The van der Waals surface area contributed by atoms with Crippen molar-refractivity contribution in [2.75, 3.05) is 33.5 Å². The Kier molecular flexibility index (Phi) is 18.7. The van der Waals surface area contributed by atoms with E-state index < -0.39 is 6.10 Å². The number of methoxy groups -OCH3 is 1. The van der Waals surface area contributed by atoms with Crippen LogP contribution in [0.25, 0.3) is 0 Å². The van der Waals surface area contributed by atoms with Crippen molar-refractivity contribution in [3.8, 4) is 0 Å². The molecule has 0 saturated heterocycles. The molecule has 96 valence electrons. The van der Waals surface area contributed by atoms with Gasteiger partial charge in [0.1, 0.15) is 0 Å². The average molecular weight is 224 g/mol. The quantitative estimate of drug-likeness (QED) is 0.638. The van der Waals surface area contributed by atoms with E-state index in [2.05, 4.69) is 0 Å². The standard InChI is InChI=1S/C9H20O4.2CH4/c1-8(10)6-12-4-5-13-9(2)7-11-3;;/h8-10H,4-7H2,1-3H3;2*1H4. The van der Waals surface area contributed by atoms with Gasteiger partial charge >= 0.3 is 0 Å². The SMILES string of the molecule is C.C.COCC(C)OCCOCC(C)O. The van der Waals surface area contributed by atoms with E-state index in [0.29, 0.717) is 26.4 Å². The molecule has 0 aliphatic rings. The van der Waals surface area contributed by atoms with Gasteiger partial charge < -0.3 is 19.3 Å². The van der Waals surface area contributed by atoms with Crippen molar-refractivity contribution in [2.45, 2.75) is 40.9 Å². The highest BCUT2D eigenvalue weighted by Crippen LogP contribution is 1.91. The fourth-order valence-corrected chi connectivity index (χ4v) is 0.845. The van der Waals surface area contributed by atoms with Crippen molar-refractivity contribution < 1.29 is 19.3 Å². The molecule has 0 aliphatic carbocycles. The van der Waals surface area contributed by atoms with Crippen molar-refractivity contribution in [3.63, 3.8) is 0 Å². The lowest BCUT2D eigenvalue weighted by Gasteiger charge is -2.12. The molecule has 0 amide bonds. The molecule has 15 heavy (non-hydrogen) atoms. The molecular formula is C11H28O4. The maximum Gasteiger partial charge on any atom is 0.0781 e. The molecule has 0 aromatic carbocycles. The topological polar surface area (TPSA) is 47.9 Å². The molecule has 0 fully saturated rings. The Morgan fingerprint density at radius 1 is 1.07 bits per heavy atom. The maximum absolute atomic E-state index is 8.86. The zero-order valence-corrected chi connectivity index (χ0v) is 8.66. The second-order valence-corrected chi connectivity index (χ2v) is 3.06. The summed E-state index contributed by atoms with van der Waals surface area (Å²) in [5.41, 5.74) is 0. The third kappa shape index (κ3) is 16.5. The van der Waals surface area contributed by atoms with Crippen LogP contribution in [0.15, 0.2) is 0 Å². The molecule has 0 saturated carbocycles. The van der Waals surface area contributed by atoms with Crippen LogP contribution in [-0.4, -0.2) is 50.9 Å². The molecule has 2 atom stereocenters. The Morgan fingerprint density at radius 2 is 1.67 bits per heavy atom. The monoisotopic (exact) mass is 224 g/mol. The van der Waals surface area contributed by atoms with E-state index in [1.165, 1.54) is 0 Å². The number of aliphatic hydroxyl groups excluding tert-OH is 1. The normalized spacial score (nSPS) is 13.6. The summed E-state index contributed by atoms with van der Waals surface area (Å²) in [5, 5.41) is 8.86. The van der Waals surface area contributed by atoms with E-state index in [-0.39, 0.29) is 21.0 Å². The molecule has 2 unspecified atom stereocenters. The van der Waals surface area contributed by atoms with Crippen LogP contribution in [0.3, 0.4) is 0 Å². The van der Waals surface area contributed by atoms with Gasteiger partial charge in [-0.25, -0.2) is 0 Å². The second-order valence-electron chi connectivity index (χ2n) is 3.06. The second kappa shape index (κ2) is 13.8. The van der Waals surface area contributed by atoms with Crippen LogP contribution in [0, 0.1) is 0 Å². The van der Waals surface area contributed by atoms with Gasteiger partial charge in [-0.15, -0.1) is 0 Å². The average Bonchev–Trinajstić information content (AvgIpc) is 2.03. The van der Waals surface area contributed by atoms with E-state index in [1.54, 1.807) is 14.0 Å². The highest BCUT2D eigenvalue weighted by molar-refractivity contribution is 4.46. The van der Waals surface area contributed by atoms with Crippen molar-refractivity contribution in [1.82, 2.24) is 0 Å². The Hall–Kier alpha value is -0.160. The third-order valence-electron chi connectivity index (χ3n) is 1.39. The molecule has 0 aliphatic heterocycles. The fourth-order valence-electron chi connectivity index (χ4n) is 0.845. The van der Waals surface area contributed by atoms with Gasteiger partial charge in [0.15, 0.2) is 0 Å². The highest BCUT2D eigenvalue weighted by Gasteiger charge is 2.00. The summed E-state index contributed by atoms with van der Waals surface area (Å²) in [6, 6.07) is 0. The van der Waals surface area contributed by atoms with E-state index in [1.807, 2.05) is 6.92 Å². The van der Waals surface area contributed by atoms with Gasteiger partial charge in [0.25, 0.3) is 0 Å². The van der Waals surface area contributed by atoms with Crippen molar-refractivity contribution >= 4 is 0 Å². The predicted octanol–water partition coefficient (Wildman–Crippen LogP) is 1.71. The van der Waals surface area contributed by atoms with Gasteiger partial charge in [0.05, 0.1) is 38.6 Å². The minimum Gasteiger partial charge on any atom is -0.391 e. The van der Waals surface area contributed by atoms with E-state index in [4.69, 9.17) is 19.3 Å². The van der Waals surface area contributed by atoms with Gasteiger partial charge in [0, 0.05) is 7.11 Å². The minimum absolute atomic E-state index is 0. The van der Waals surface area contributed by atoms with Crippen LogP contribution in [0.1, 0.15) is 28.7 Å². The van der Waals surface area contributed by atoms with Crippen molar-refractivity contribution in [3.05, 3.63) is 0 Å². The number of hydrogen-bond acceptors (Lipinski definition) is 4. The predicted molar refractivity (Wildman–Crippen MR) is 63.3 cm³/mol. The van der Waals surface area contributed by atoms with Gasteiger partial charge in [-0.3, -0.25) is 0 Å². The zero-order chi connectivity index (χ0) is 10.1. The Morgan fingerprint density at radius 3 is 2.13 bits per heavy atom. The molecule has 0 rings (SSSR count). The number of ether oxygens (including phenoxy) is 3. The van der Waals surface area contributed by atoms with E-state index in [9.17, 15) is 0 Å². The van der Waals surface area contributed by atoms with E-state index >= 15 is 0 Å². The Balaban J connectivity index is -0.000000720. The number of hydrogen-bond donors (Lipinski definition) is 1. The van der Waals surface area contributed by atoms with Crippen molar-refractivity contribution in [2.24, 2.45) is 0 Å². The Labute approximate surface area is 94.5 Å². The highest BCUT2D eigenvalue weighted by atomic mass is 16.5. The van der Waals surface area contributed by atoms with Crippen molar-refractivity contribution in [1.29, 1.82) is 0 Å².